The fourth-order valence-corrected chi connectivity index (χ4v) is 2.30. The summed E-state index contributed by atoms with van der Waals surface area (Å²) in [6.07, 6.45) is 3.02. The fraction of sp³-hybridized carbons (Fsp3) is 0.429. The highest BCUT2D eigenvalue weighted by Gasteiger charge is 2.15. The highest BCUT2D eigenvalue weighted by molar-refractivity contribution is 6.01. The minimum atomic E-state index is -0.690. The summed E-state index contributed by atoms with van der Waals surface area (Å²) in [5.41, 5.74) is 5.71. The van der Waals surface area contributed by atoms with E-state index >= 15 is 0 Å². The van der Waals surface area contributed by atoms with Gasteiger partial charge < -0.3 is 15.2 Å². The SMILES string of the molecule is CCCCCOc1ccc(C(=O)CCC(=O)OCC(=O)C(C#N)=C(C)N)cc1. The van der Waals surface area contributed by atoms with E-state index in [9.17, 15) is 14.4 Å². The largest absolute Gasteiger partial charge is 0.494 e. The molecule has 2 N–H and O–H groups in total. The van der Waals surface area contributed by atoms with Gasteiger partial charge in [-0.25, -0.2) is 0 Å². The molecule has 7 nitrogen and oxygen atoms in total. The second kappa shape index (κ2) is 12.3. The number of carbonyl (C=O) groups excluding carboxylic acids is 3. The van der Waals surface area contributed by atoms with E-state index in [0.29, 0.717) is 17.9 Å². The molecule has 1 rings (SSSR count). The Hall–Kier alpha value is -3.14. The molecule has 0 heterocycles. The standard InChI is InChI=1S/C21H26N2O5/c1-3-4-5-12-27-17-8-6-16(7-9-17)19(24)10-11-21(26)28-14-20(25)18(13-22)15(2)23/h6-9H,3-5,10-12,14,23H2,1-2H3. The van der Waals surface area contributed by atoms with Crippen LogP contribution < -0.4 is 10.5 Å². The average molecular weight is 386 g/mol. The third kappa shape index (κ3) is 8.04. The third-order valence-electron chi connectivity index (χ3n) is 3.90. The predicted octanol–water partition coefficient (Wildman–Crippen LogP) is 3.09. The lowest BCUT2D eigenvalue weighted by atomic mass is 10.1. The fourth-order valence-electron chi connectivity index (χ4n) is 2.30. The predicted molar refractivity (Wildman–Crippen MR) is 103 cm³/mol. The number of nitrogens with zero attached hydrogens (tertiary/aromatic N) is 1. The van der Waals surface area contributed by atoms with Crippen LogP contribution in [-0.2, 0) is 14.3 Å². The van der Waals surface area contributed by atoms with Crippen molar-refractivity contribution in [3.8, 4) is 11.8 Å². The number of nitrogens with two attached hydrogens (primary N) is 1. The summed E-state index contributed by atoms with van der Waals surface area (Å²) in [7, 11) is 0. The zero-order valence-electron chi connectivity index (χ0n) is 16.3. The Labute approximate surface area is 165 Å². The van der Waals surface area contributed by atoms with Gasteiger partial charge in [0.1, 0.15) is 17.4 Å². The van der Waals surface area contributed by atoms with Crippen molar-refractivity contribution in [2.45, 2.75) is 46.0 Å². The summed E-state index contributed by atoms with van der Waals surface area (Å²) >= 11 is 0. The van der Waals surface area contributed by atoms with Gasteiger partial charge in [0.25, 0.3) is 0 Å². The van der Waals surface area contributed by atoms with Gasteiger partial charge in [-0.2, -0.15) is 5.26 Å². The maximum Gasteiger partial charge on any atom is 0.306 e. The Morgan fingerprint density at radius 1 is 1.11 bits per heavy atom. The number of ether oxygens (including phenoxy) is 2. The minimum absolute atomic E-state index is 0.0411. The number of nitriles is 1. The maximum absolute atomic E-state index is 12.2. The molecule has 1 aromatic carbocycles. The number of benzene rings is 1. The molecule has 0 aliphatic heterocycles. The monoisotopic (exact) mass is 386 g/mol. The van der Waals surface area contributed by atoms with Crippen molar-refractivity contribution in [1.29, 1.82) is 5.26 Å². The summed E-state index contributed by atoms with van der Waals surface area (Å²) in [5, 5.41) is 8.82. The summed E-state index contributed by atoms with van der Waals surface area (Å²) in [4.78, 5) is 35.6. The molecule has 0 amide bonds. The highest BCUT2D eigenvalue weighted by Crippen LogP contribution is 2.15. The molecule has 28 heavy (non-hydrogen) atoms. The van der Waals surface area contributed by atoms with Crippen LogP contribution in [0.25, 0.3) is 0 Å². The number of Topliss-reactive ketones (excluding diaryl/α,β-unsaturated/α-hetero) is 2. The minimum Gasteiger partial charge on any atom is -0.494 e. The number of hydrogen-bond donors (Lipinski definition) is 1. The molecule has 0 aliphatic rings. The number of ketones is 2. The van der Waals surface area contributed by atoms with Crippen molar-refractivity contribution in [1.82, 2.24) is 0 Å². The van der Waals surface area contributed by atoms with Gasteiger partial charge in [0.15, 0.2) is 12.4 Å². The molecule has 0 aromatic heterocycles. The molecule has 7 heteroatoms. The van der Waals surface area contributed by atoms with Crippen LogP contribution in [0.1, 0.15) is 56.3 Å². The Bertz CT molecular complexity index is 756. The van der Waals surface area contributed by atoms with E-state index in [0.717, 1.165) is 19.3 Å². The van der Waals surface area contributed by atoms with E-state index in [1.165, 1.54) is 6.92 Å². The Balaban J connectivity index is 2.41. The first kappa shape index (κ1) is 22.9. The molecule has 0 aliphatic carbocycles. The van der Waals surface area contributed by atoms with Crippen LogP contribution >= 0.6 is 0 Å². The first-order valence-electron chi connectivity index (χ1n) is 9.20. The van der Waals surface area contributed by atoms with Crippen molar-refractivity contribution in [2.75, 3.05) is 13.2 Å². The molecule has 0 atom stereocenters. The van der Waals surface area contributed by atoms with E-state index < -0.39 is 18.4 Å². The van der Waals surface area contributed by atoms with E-state index in [-0.39, 0.29) is 29.9 Å². The van der Waals surface area contributed by atoms with Gasteiger partial charge >= 0.3 is 5.97 Å². The molecule has 0 radical (unpaired) electrons. The summed E-state index contributed by atoms with van der Waals surface area (Å²) in [5.74, 6) is -0.875. The molecule has 150 valence electrons. The molecule has 0 bridgehead atoms. The quantitative estimate of drug-likeness (QED) is 0.193. The molecule has 0 spiro atoms. The van der Waals surface area contributed by atoms with E-state index in [1.54, 1.807) is 30.3 Å². The van der Waals surface area contributed by atoms with Gasteiger partial charge in [-0.05, 0) is 37.6 Å². The number of esters is 1. The molecular formula is C21H26N2O5. The van der Waals surface area contributed by atoms with Crippen molar-refractivity contribution in [3.05, 3.63) is 41.1 Å². The molecular weight excluding hydrogens is 360 g/mol. The van der Waals surface area contributed by atoms with Gasteiger partial charge in [-0.1, -0.05) is 19.8 Å². The van der Waals surface area contributed by atoms with E-state index in [4.69, 9.17) is 20.5 Å². The summed E-state index contributed by atoms with van der Waals surface area (Å²) in [6, 6.07) is 8.42. The molecule has 0 fully saturated rings. The number of unbranched alkanes of at least 4 members (excludes halogenated alkanes) is 2. The zero-order valence-corrected chi connectivity index (χ0v) is 16.3. The van der Waals surface area contributed by atoms with Crippen LogP contribution in [-0.4, -0.2) is 30.7 Å². The lowest BCUT2D eigenvalue weighted by molar-refractivity contribution is -0.147. The van der Waals surface area contributed by atoms with Crippen LogP contribution in [0.15, 0.2) is 35.5 Å². The second-order valence-corrected chi connectivity index (χ2v) is 6.26. The molecule has 0 saturated carbocycles. The first-order valence-corrected chi connectivity index (χ1v) is 9.20. The Morgan fingerprint density at radius 3 is 2.36 bits per heavy atom. The van der Waals surface area contributed by atoms with Crippen LogP contribution in [0.5, 0.6) is 5.75 Å². The zero-order chi connectivity index (χ0) is 20.9. The average Bonchev–Trinajstić information content (AvgIpc) is 2.68. The van der Waals surface area contributed by atoms with Crippen molar-refractivity contribution in [2.24, 2.45) is 5.73 Å². The first-order chi connectivity index (χ1) is 13.4. The van der Waals surface area contributed by atoms with Gasteiger partial charge in [0, 0.05) is 17.7 Å². The van der Waals surface area contributed by atoms with E-state index in [1.807, 2.05) is 0 Å². The molecule has 0 saturated heterocycles. The van der Waals surface area contributed by atoms with Gasteiger partial charge in [0.05, 0.1) is 13.0 Å². The lowest BCUT2D eigenvalue weighted by Gasteiger charge is -2.07. The lowest BCUT2D eigenvalue weighted by Crippen LogP contribution is -2.18. The molecule has 0 unspecified atom stereocenters. The van der Waals surface area contributed by atoms with Crippen molar-refractivity contribution in [3.63, 3.8) is 0 Å². The third-order valence-corrected chi connectivity index (χ3v) is 3.90. The smallest absolute Gasteiger partial charge is 0.306 e. The number of carbonyl (C=O) groups is 3. The number of rotatable bonds is 12. The molecule has 1 aromatic rings. The van der Waals surface area contributed by atoms with Crippen LogP contribution in [0, 0.1) is 11.3 Å². The second-order valence-electron chi connectivity index (χ2n) is 6.26. The number of hydrogen-bond acceptors (Lipinski definition) is 7. The summed E-state index contributed by atoms with van der Waals surface area (Å²) in [6.45, 7) is 3.60. The van der Waals surface area contributed by atoms with Gasteiger partial charge in [-0.15, -0.1) is 0 Å². The van der Waals surface area contributed by atoms with Crippen LogP contribution in [0.2, 0.25) is 0 Å². The Morgan fingerprint density at radius 2 is 1.79 bits per heavy atom. The highest BCUT2D eigenvalue weighted by atomic mass is 16.5. The maximum atomic E-state index is 12.2. The topological polar surface area (TPSA) is 119 Å². The van der Waals surface area contributed by atoms with Gasteiger partial charge in [-0.3, -0.25) is 14.4 Å². The Kier molecular flexibility index (Phi) is 10.0. The van der Waals surface area contributed by atoms with Crippen LogP contribution in [0.3, 0.4) is 0 Å². The normalized spacial score (nSPS) is 11.2. The van der Waals surface area contributed by atoms with E-state index in [2.05, 4.69) is 6.92 Å². The van der Waals surface area contributed by atoms with Crippen LogP contribution in [0.4, 0.5) is 0 Å². The van der Waals surface area contributed by atoms with Crippen molar-refractivity contribution >= 4 is 17.5 Å². The number of allylic oxidation sites excluding steroid dienone is 1. The van der Waals surface area contributed by atoms with Crippen molar-refractivity contribution < 1.29 is 23.9 Å². The summed E-state index contributed by atoms with van der Waals surface area (Å²) < 4.78 is 10.4. The van der Waals surface area contributed by atoms with Gasteiger partial charge in [0.2, 0.25) is 5.78 Å².